The number of benzene rings is 2. The zero-order valence-electron chi connectivity index (χ0n) is 19.1. The quantitative estimate of drug-likeness (QED) is 0.425. The fourth-order valence-electron chi connectivity index (χ4n) is 3.13. The summed E-state index contributed by atoms with van der Waals surface area (Å²) in [5, 5.41) is 5.34. The molecule has 2 N–H and O–H groups in total. The van der Waals surface area contributed by atoms with E-state index in [9.17, 15) is 23.6 Å². The number of rotatable bonds is 9. The summed E-state index contributed by atoms with van der Waals surface area (Å²) in [5.41, 5.74) is 1.09. The molecule has 0 aliphatic carbocycles. The molecule has 0 fully saturated rings. The van der Waals surface area contributed by atoms with Gasteiger partial charge in [-0.05, 0) is 43.2 Å². The maximum absolute atomic E-state index is 13.7. The Bertz CT molecular complexity index is 1240. The molecule has 2 aromatic carbocycles. The number of carbonyl (C=O) groups excluding carboxylic acids is 4. The van der Waals surface area contributed by atoms with Crippen LogP contribution in [-0.4, -0.2) is 37.0 Å². The number of hydrogen-bond donors (Lipinski definition) is 2. The van der Waals surface area contributed by atoms with Crippen molar-refractivity contribution >= 4 is 45.8 Å². The highest BCUT2D eigenvalue weighted by Crippen LogP contribution is 2.34. The van der Waals surface area contributed by atoms with Crippen molar-refractivity contribution in [3.05, 3.63) is 82.0 Å². The van der Waals surface area contributed by atoms with Gasteiger partial charge in [0.15, 0.2) is 6.61 Å². The molecular formula is C25H23FN2O6S. The lowest BCUT2D eigenvalue weighted by atomic mass is 10.1. The highest BCUT2D eigenvalue weighted by atomic mass is 32.1. The fraction of sp³-hybridized carbons (Fsp3) is 0.200. The van der Waals surface area contributed by atoms with Crippen LogP contribution in [0.1, 0.15) is 38.1 Å². The second-order valence-corrected chi connectivity index (χ2v) is 8.30. The lowest BCUT2D eigenvalue weighted by Gasteiger charge is -2.08. The first-order valence-corrected chi connectivity index (χ1v) is 11.5. The summed E-state index contributed by atoms with van der Waals surface area (Å²) in [5.74, 6) is -3.23. The standard InChI is InChI=1S/C25H23FN2O6S/c1-3-33-25(32)21-15(2)22(23(31)27-17-10-5-4-6-11-17)35-24(21)28-19(29)14-34-20(30)13-16-9-7-8-12-18(16)26/h4-12H,3,13-14H2,1-2H3,(H,27,31)(H,28,29). The fourth-order valence-corrected chi connectivity index (χ4v) is 4.24. The average molecular weight is 499 g/mol. The van der Waals surface area contributed by atoms with Crippen molar-refractivity contribution in [3.63, 3.8) is 0 Å². The molecule has 0 bridgehead atoms. The lowest BCUT2D eigenvalue weighted by Crippen LogP contribution is -2.22. The summed E-state index contributed by atoms with van der Waals surface area (Å²) < 4.78 is 23.7. The predicted molar refractivity (Wildman–Crippen MR) is 129 cm³/mol. The van der Waals surface area contributed by atoms with Gasteiger partial charge in [-0.15, -0.1) is 11.3 Å². The molecule has 0 aliphatic rings. The van der Waals surface area contributed by atoms with Gasteiger partial charge in [0, 0.05) is 5.69 Å². The molecule has 3 rings (SSSR count). The van der Waals surface area contributed by atoms with Crippen LogP contribution >= 0.6 is 11.3 Å². The molecule has 8 nitrogen and oxygen atoms in total. The van der Waals surface area contributed by atoms with E-state index in [1.54, 1.807) is 44.2 Å². The zero-order chi connectivity index (χ0) is 25.4. The van der Waals surface area contributed by atoms with E-state index in [1.807, 2.05) is 6.07 Å². The average Bonchev–Trinajstić information content (AvgIpc) is 3.15. The van der Waals surface area contributed by atoms with Crippen molar-refractivity contribution in [1.29, 1.82) is 0 Å². The van der Waals surface area contributed by atoms with E-state index >= 15 is 0 Å². The van der Waals surface area contributed by atoms with Gasteiger partial charge >= 0.3 is 11.9 Å². The number of halogens is 1. The second kappa shape index (κ2) is 11.9. The third kappa shape index (κ3) is 6.73. The number of amides is 2. The number of anilines is 2. The van der Waals surface area contributed by atoms with E-state index in [0.717, 1.165) is 11.3 Å². The van der Waals surface area contributed by atoms with Gasteiger partial charge in [0.05, 0.1) is 23.5 Å². The summed E-state index contributed by atoms with van der Waals surface area (Å²) >= 11 is 0.900. The summed E-state index contributed by atoms with van der Waals surface area (Å²) in [7, 11) is 0. The monoisotopic (exact) mass is 498 g/mol. The van der Waals surface area contributed by atoms with Gasteiger partial charge in [0.2, 0.25) is 0 Å². The van der Waals surface area contributed by atoms with Crippen LogP contribution in [0.5, 0.6) is 0 Å². The third-order valence-corrected chi connectivity index (χ3v) is 5.98. The molecule has 0 atom stereocenters. The number of thiophene rings is 1. The molecule has 182 valence electrons. The van der Waals surface area contributed by atoms with Crippen LogP contribution < -0.4 is 10.6 Å². The van der Waals surface area contributed by atoms with Gasteiger partial charge < -0.3 is 20.1 Å². The van der Waals surface area contributed by atoms with Gasteiger partial charge in [-0.3, -0.25) is 14.4 Å². The van der Waals surface area contributed by atoms with Gasteiger partial charge in [-0.25, -0.2) is 9.18 Å². The smallest absolute Gasteiger partial charge is 0.341 e. The molecule has 10 heteroatoms. The molecule has 1 heterocycles. The number of ether oxygens (including phenoxy) is 2. The van der Waals surface area contributed by atoms with Crippen LogP contribution in [-0.2, 0) is 25.5 Å². The minimum Gasteiger partial charge on any atom is -0.462 e. The number of carbonyl (C=O) groups is 4. The largest absolute Gasteiger partial charge is 0.462 e. The maximum atomic E-state index is 13.7. The number of esters is 2. The number of para-hydroxylation sites is 1. The molecular weight excluding hydrogens is 475 g/mol. The predicted octanol–water partition coefficient (Wildman–Crippen LogP) is 4.35. The number of hydrogen-bond acceptors (Lipinski definition) is 7. The Morgan fingerprint density at radius 1 is 0.943 bits per heavy atom. The van der Waals surface area contributed by atoms with E-state index < -0.39 is 36.2 Å². The zero-order valence-corrected chi connectivity index (χ0v) is 19.9. The van der Waals surface area contributed by atoms with Crippen molar-refractivity contribution in [2.24, 2.45) is 0 Å². The highest BCUT2D eigenvalue weighted by molar-refractivity contribution is 7.19. The molecule has 0 radical (unpaired) electrons. The molecule has 35 heavy (non-hydrogen) atoms. The lowest BCUT2D eigenvalue weighted by molar-refractivity contribution is -0.146. The van der Waals surface area contributed by atoms with Crippen molar-refractivity contribution < 1.29 is 33.0 Å². The first kappa shape index (κ1) is 25.6. The Morgan fingerprint density at radius 3 is 2.31 bits per heavy atom. The van der Waals surface area contributed by atoms with Crippen molar-refractivity contribution in [2.75, 3.05) is 23.8 Å². The topological polar surface area (TPSA) is 111 Å². The minimum absolute atomic E-state index is 0.0427. The van der Waals surface area contributed by atoms with Crippen LogP contribution in [0.3, 0.4) is 0 Å². The van der Waals surface area contributed by atoms with Crippen LogP contribution in [0.15, 0.2) is 54.6 Å². The van der Waals surface area contributed by atoms with Crippen molar-refractivity contribution in [2.45, 2.75) is 20.3 Å². The van der Waals surface area contributed by atoms with Gasteiger partial charge in [0.1, 0.15) is 10.8 Å². The summed E-state index contributed by atoms with van der Waals surface area (Å²) in [6.07, 6.45) is -0.337. The molecule has 0 saturated carbocycles. The Kier molecular flexibility index (Phi) is 8.69. The van der Waals surface area contributed by atoms with Gasteiger partial charge in [0.25, 0.3) is 11.8 Å². The normalized spacial score (nSPS) is 10.4. The van der Waals surface area contributed by atoms with E-state index in [-0.39, 0.29) is 34.0 Å². The highest BCUT2D eigenvalue weighted by Gasteiger charge is 2.27. The van der Waals surface area contributed by atoms with Crippen molar-refractivity contribution in [3.8, 4) is 0 Å². The first-order chi connectivity index (χ1) is 16.8. The summed E-state index contributed by atoms with van der Waals surface area (Å²) in [6.45, 7) is 2.65. The van der Waals surface area contributed by atoms with Gasteiger partial charge in [-0.2, -0.15) is 0 Å². The Morgan fingerprint density at radius 2 is 1.63 bits per heavy atom. The maximum Gasteiger partial charge on any atom is 0.341 e. The molecule has 0 aliphatic heterocycles. The molecule has 0 saturated heterocycles. The van der Waals surface area contributed by atoms with E-state index in [0.29, 0.717) is 11.3 Å². The Balaban J connectivity index is 1.72. The summed E-state index contributed by atoms with van der Waals surface area (Å²) in [4.78, 5) is 50.0. The Labute approximate surface area is 205 Å². The SMILES string of the molecule is CCOC(=O)c1c(NC(=O)COC(=O)Cc2ccccc2F)sc(C(=O)Nc2ccccc2)c1C. The van der Waals surface area contributed by atoms with Crippen LogP contribution in [0, 0.1) is 12.7 Å². The Hall–Kier alpha value is -4.05. The first-order valence-electron chi connectivity index (χ1n) is 10.7. The minimum atomic E-state index is -0.791. The van der Waals surface area contributed by atoms with E-state index in [2.05, 4.69) is 10.6 Å². The molecule has 3 aromatic rings. The van der Waals surface area contributed by atoms with Crippen LogP contribution in [0.4, 0.5) is 15.1 Å². The second-order valence-electron chi connectivity index (χ2n) is 7.28. The van der Waals surface area contributed by atoms with Crippen molar-refractivity contribution in [1.82, 2.24) is 0 Å². The molecule has 1 aromatic heterocycles. The molecule has 0 spiro atoms. The molecule has 0 unspecified atom stereocenters. The van der Waals surface area contributed by atoms with E-state index in [4.69, 9.17) is 9.47 Å². The van der Waals surface area contributed by atoms with Crippen LogP contribution in [0.25, 0.3) is 0 Å². The summed E-state index contributed by atoms with van der Waals surface area (Å²) in [6, 6.07) is 14.5. The van der Waals surface area contributed by atoms with Gasteiger partial charge in [-0.1, -0.05) is 36.4 Å². The number of nitrogens with one attached hydrogen (secondary N) is 2. The third-order valence-electron chi connectivity index (χ3n) is 4.77. The van der Waals surface area contributed by atoms with Crippen LogP contribution in [0.2, 0.25) is 0 Å². The molecule has 2 amide bonds. The van der Waals surface area contributed by atoms with E-state index in [1.165, 1.54) is 18.2 Å².